The highest BCUT2D eigenvalue weighted by Gasteiger charge is 2.19. The molecule has 0 fully saturated rings. The summed E-state index contributed by atoms with van der Waals surface area (Å²) in [5.74, 6) is -1.01. The van der Waals surface area contributed by atoms with E-state index in [1.54, 1.807) is 0 Å². The summed E-state index contributed by atoms with van der Waals surface area (Å²) in [5.41, 5.74) is 0. The van der Waals surface area contributed by atoms with Gasteiger partial charge in [0.1, 0.15) is 13.2 Å². The molecule has 0 aliphatic rings. The molecule has 74 heavy (non-hydrogen) atoms. The van der Waals surface area contributed by atoms with Crippen molar-refractivity contribution in [3.63, 3.8) is 0 Å². The first-order valence-electron chi connectivity index (χ1n) is 30.2. The lowest BCUT2D eigenvalue weighted by molar-refractivity contribution is -0.166. The van der Waals surface area contributed by atoms with Gasteiger partial charge in [-0.3, -0.25) is 14.4 Å². The smallest absolute Gasteiger partial charge is 0.306 e. The second-order valence-electron chi connectivity index (χ2n) is 19.5. The van der Waals surface area contributed by atoms with Gasteiger partial charge < -0.3 is 14.2 Å². The zero-order chi connectivity index (χ0) is 53.6. The minimum atomic E-state index is -0.827. The van der Waals surface area contributed by atoms with Crippen molar-refractivity contribution in [3.05, 3.63) is 134 Å². The molecule has 0 rings (SSSR count). The fraction of sp³-hybridized carbons (Fsp3) is 0.632. The van der Waals surface area contributed by atoms with E-state index >= 15 is 0 Å². The van der Waals surface area contributed by atoms with Crippen LogP contribution >= 0.6 is 0 Å². The van der Waals surface area contributed by atoms with Crippen LogP contribution in [0.15, 0.2) is 134 Å². The van der Waals surface area contributed by atoms with Crippen molar-refractivity contribution in [1.82, 2.24) is 0 Å². The lowest BCUT2D eigenvalue weighted by Crippen LogP contribution is -2.30. The molecule has 6 nitrogen and oxygen atoms in total. The lowest BCUT2D eigenvalue weighted by Gasteiger charge is -2.18. The molecule has 6 heteroatoms. The molecule has 0 radical (unpaired) electrons. The molecule has 1 atom stereocenters. The van der Waals surface area contributed by atoms with Gasteiger partial charge in [0.15, 0.2) is 6.10 Å². The van der Waals surface area contributed by atoms with Gasteiger partial charge in [-0.05, 0) is 103 Å². The molecule has 0 saturated heterocycles. The first kappa shape index (κ1) is 69.5. The number of esters is 3. The Hall–Kier alpha value is -4.45. The Morgan fingerprint density at radius 3 is 0.878 bits per heavy atom. The SMILES string of the molecule is CC/C=C\C/C=C\C/C=C\C/C=C\C/C=C\C/C=C\CCC(=O)OC(COC(=O)CCCCCCCCC/C=C\C/C=C\C/C=C\C/C=C\C/C=C\CC)COC(=O)CCCCCCCCCCCCCCCC. The Bertz CT molecular complexity index is 1600. The molecule has 0 spiro atoms. The van der Waals surface area contributed by atoms with Crippen LogP contribution in [0, 0.1) is 0 Å². The fourth-order valence-electron chi connectivity index (χ4n) is 7.97. The summed E-state index contributed by atoms with van der Waals surface area (Å²) in [6.45, 7) is 6.35. The number of hydrogen-bond donors (Lipinski definition) is 0. The number of carbonyl (C=O) groups excluding carboxylic acids is 3. The van der Waals surface area contributed by atoms with Crippen LogP contribution in [0.4, 0.5) is 0 Å². The number of allylic oxidation sites excluding steroid dienone is 22. The molecule has 0 bridgehead atoms. The van der Waals surface area contributed by atoms with E-state index < -0.39 is 12.1 Å². The van der Waals surface area contributed by atoms with Crippen LogP contribution in [-0.2, 0) is 28.6 Å². The normalized spacial score (nSPS) is 13.1. The second-order valence-corrected chi connectivity index (χ2v) is 19.5. The zero-order valence-corrected chi connectivity index (χ0v) is 47.8. The summed E-state index contributed by atoms with van der Waals surface area (Å²) in [5, 5.41) is 0. The molecular formula is C68H110O6. The minimum Gasteiger partial charge on any atom is -0.462 e. The average Bonchev–Trinajstić information content (AvgIpc) is 3.40. The third-order valence-corrected chi connectivity index (χ3v) is 12.4. The number of rotatable bonds is 53. The Kier molecular flexibility index (Phi) is 57.4. The largest absolute Gasteiger partial charge is 0.462 e. The zero-order valence-electron chi connectivity index (χ0n) is 47.8. The molecule has 0 aromatic carbocycles. The van der Waals surface area contributed by atoms with Gasteiger partial charge in [0, 0.05) is 19.3 Å². The van der Waals surface area contributed by atoms with Gasteiger partial charge >= 0.3 is 17.9 Å². The number of unbranched alkanes of at least 4 members (excludes halogenated alkanes) is 20. The van der Waals surface area contributed by atoms with Crippen molar-refractivity contribution >= 4 is 17.9 Å². The predicted molar refractivity (Wildman–Crippen MR) is 320 cm³/mol. The van der Waals surface area contributed by atoms with Crippen LogP contribution < -0.4 is 0 Å². The Morgan fingerprint density at radius 1 is 0.284 bits per heavy atom. The van der Waals surface area contributed by atoms with Gasteiger partial charge in [-0.2, -0.15) is 0 Å². The summed E-state index contributed by atoms with van der Waals surface area (Å²) in [7, 11) is 0. The van der Waals surface area contributed by atoms with E-state index in [2.05, 4.69) is 148 Å². The van der Waals surface area contributed by atoms with Crippen LogP contribution in [0.1, 0.15) is 258 Å². The molecule has 0 aliphatic heterocycles. The van der Waals surface area contributed by atoms with Gasteiger partial charge in [-0.15, -0.1) is 0 Å². The monoisotopic (exact) mass is 1020 g/mol. The lowest BCUT2D eigenvalue weighted by atomic mass is 10.0. The van der Waals surface area contributed by atoms with Crippen molar-refractivity contribution in [2.24, 2.45) is 0 Å². The average molecular weight is 1020 g/mol. The van der Waals surface area contributed by atoms with Gasteiger partial charge in [0.05, 0.1) is 0 Å². The van der Waals surface area contributed by atoms with E-state index in [1.807, 2.05) is 6.08 Å². The Balaban J connectivity index is 4.50. The quantitative estimate of drug-likeness (QED) is 0.0261. The maximum absolute atomic E-state index is 12.8. The van der Waals surface area contributed by atoms with E-state index in [-0.39, 0.29) is 31.6 Å². The first-order chi connectivity index (χ1) is 36.5. The van der Waals surface area contributed by atoms with Gasteiger partial charge in [0.2, 0.25) is 0 Å². The fourth-order valence-corrected chi connectivity index (χ4v) is 7.97. The highest BCUT2D eigenvalue weighted by Crippen LogP contribution is 2.15. The predicted octanol–water partition coefficient (Wildman–Crippen LogP) is 20.6. The maximum Gasteiger partial charge on any atom is 0.306 e. The molecule has 0 saturated carbocycles. The van der Waals surface area contributed by atoms with Crippen LogP contribution in [0.25, 0.3) is 0 Å². The van der Waals surface area contributed by atoms with Crippen LogP contribution in [0.5, 0.6) is 0 Å². The topological polar surface area (TPSA) is 78.9 Å². The minimum absolute atomic E-state index is 0.114. The molecule has 0 amide bonds. The van der Waals surface area contributed by atoms with Crippen molar-refractivity contribution in [3.8, 4) is 0 Å². The van der Waals surface area contributed by atoms with E-state index in [0.29, 0.717) is 19.3 Å². The molecule has 0 aromatic heterocycles. The molecule has 1 unspecified atom stereocenters. The Morgan fingerprint density at radius 2 is 0.554 bits per heavy atom. The number of hydrogen-bond acceptors (Lipinski definition) is 6. The highest BCUT2D eigenvalue weighted by atomic mass is 16.6. The van der Waals surface area contributed by atoms with Gasteiger partial charge in [-0.1, -0.05) is 270 Å². The molecule has 0 heterocycles. The van der Waals surface area contributed by atoms with Crippen molar-refractivity contribution in [1.29, 1.82) is 0 Å². The van der Waals surface area contributed by atoms with E-state index in [4.69, 9.17) is 14.2 Å². The van der Waals surface area contributed by atoms with Crippen LogP contribution in [0.2, 0.25) is 0 Å². The molecule has 418 valence electrons. The van der Waals surface area contributed by atoms with E-state index in [9.17, 15) is 14.4 Å². The highest BCUT2D eigenvalue weighted by molar-refractivity contribution is 5.71. The summed E-state index contributed by atoms with van der Waals surface area (Å²) >= 11 is 0. The third kappa shape index (κ3) is 58.4. The summed E-state index contributed by atoms with van der Waals surface area (Å²) in [6, 6.07) is 0. The second kappa shape index (κ2) is 61.1. The van der Waals surface area contributed by atoms with Crippen LogP contribution in [0.3, 0.4) is 0 Å². The molecular weight excluding hydrogens is 913 g/mol. The van der Waals surface area contributed by atoms with Gasteiger partial charge in [0.25, 0.3) is 0 Å². The third-order valence-electron chi connectivity index (χ3n) is 12.4. The summed E-state index contributed by atoms with van der Waals surface area (Å²) < 4.78 is 16.8. The van der Waals surface area contributed by atoms with Crippen molar-refractivity contribution in [2.45, 2.75) is 264 Å². The van der Waals surface area contributed by atoms with Crippen molar-refractivity contribution in [2.75, 3.05) is 13.2 Å². The number of ether oxygens (including phenoxy) is 3. The molecule has 0 aliphatic carbocycles. The number of carbonyl (C=O) groups is 3. The molecule has 0 aromatic rings. The molecule has 0 N–H and O–H groups in total. The van der Waals surface area contributed by atoms with Gasteiger partial charge in [-0.25, -0.2) is 0 Å². The van der Waals surface area contributed by atoms with Crippen LogP contribution in [-0.4, -0.2) is 37.2 Å². The standard InChI is InChI=1S/C68H110O6/c1-4-7-10-13-16-19-22-25-28-30-32-33-34-35-37-38-40-43-46-49-52-55-58-61-67(70)73-64-65(63-72-66(69)60-57-54-51-48-45-42-27-24-21-18-15-12-9-6-3)74-68(71)62-59-56-53-50-47-44-41-39-36-31-29-26-23-20-17-14-11-8-5-2/h7-8,10-11,16-17,19-20,25-26,28-29,32-33,35-37,39,44,47,53,56,65H,4-6,9,12-15,18,21-24,27,30-31,34,38,40-43,45-46,48-52,54-55,57-64H2,1-3H3/b10-7-,11-8-,19-16-,20-17-,28-25-,29-26-,33-32-,37-35-,39-36-,47-44-,56-53-. The maximum atomic E-state index is 12.8. The summed E-state index contributed by atoms with van der Waals surface area (Å²) in [6.07, 6.45) is 86.0. The summed E-state index contributed by atoms with van der Waals surface area (Å²) in [4.78, 5) is 38.2. The first-order valence-corrected chi connectivity index (χ1v) is 30.2. The van der Waals surface area contributed by atoms with E-state index in [0.717, 1.165) is 116 Å². The Labute approximate surface area is 455 Å². The van der Waals surface area contributed by atoms with E-state index in [1.165, 1.54) is 96.3 Å². The van der Waals surface area contributed by atoms with Crippen molar-refractivity contribution < 1.29 is 28.6 Å².